The molecule has 1 fully saturated rings. The van der Waals surface area contributed by atoms with E-state index in [2.05, 4.69) is 43.2 Å². The van der Waals surface area contributed by atoms with Crippen LogP contribution >= 0.6 is 43.6 Å². The Hall–Kier alpha value is -2.75. The molecule has 3 aliphatic heterocycles. The normalized spacial score (nSPS) is 23.6. The maximum Gasteiger partial charge on any atom is 0.314 e. The second-order valence-corrected chi connectivity index (χ2v) is 11.2. The van der Waals surface area contributed by atoms with Crippen LogP contribution in [0.2, 0.25) is 0 Å². The van der Waals surface area contributed by atoms with Crippen molar-refractivity contribution < 1.29 is 14.3 Å². The number of hydrogen-bond donors (Lipinski definition) is 1. The van der Waals surface area contributed by atoms with Crippen molar-refractivity contribution in [3.05, 3.63) is 97.3 Å². The lowest BCUT2D eigenvalue weighted by molar-refractivity contribution is -0.0949. The number of ether oxygens (including phenoxy) is 2. The molecule has 3 aromatic rings. The molecule has 3 aliphatic rings. The summed E-state index contributed by atoms with van der Waals surface area (Å²) < 4.78 is 13.9. The fourth-order valence-electron chi connectivity index (χ4n) is 4.56. The van der Waals surface area contributed by atoms with E-state index in [-0.39, 0.29) is 11.3 Å². The lowest BCUT2D eigenvalue weighted by Gasteiger charge is -2.45. The number of nitrogens with zero attached hydrogens (tertiary/aromatic N) is 2. The molecule has 0 unspecified atom stereocenters. The molecule has 3 aromatic carbocycles. The van der Waals surface area contributed by atoms with Gasteiger partial charge in [-0.1, -0.05) is 44.0 Å². The van der Waals surface area contributed by atoms with E-state index in [1.54, 1.807) is 7.11 Å². The fourth-order valence-corrected chi connectivity index (χ4v) is 6.11. The predicted molar refractivity (Wildman–Crippen MR) is 144 cm³/mol. The second-order valence-electron chi connectivity index (χ2n) is 8.34. The van der Waals surface area contributed by atoms with Crippen LogP contribution in [0, 0.1) is 0 Å². The molecule has 6 nitrogen and oxygen atoms in total. The summed E-state index contributed by atoms with van der Waals surface area (Å²) in [4.78, 5) is 13.5. The Morgan fingerprint density at radius 2 is 1.86 bits per heavy atom. The number of methoxy groups -OCH3 is 1. The van der Waals surface area contributed by atoms with Gasteiger partial charge in [0.05, 0.1) is 23.8 Å². The van der Waals surface area contributed by atoms with E-state index in [0.29, 0.717) is 6.42 Å². The van der Waals surface area contributed by atoms with Gasteiger partial charge < -0.3 is 9.47 Å². The van der Waals surface area contributed by atoms with E-state index >= 15 is 0 Å². The third kappa shape index (κ3) is 3.95. The first-order valence-electron chi connectivity index (χ1n) is 10.9. The number of fused-ring (bicyclic) bond motifs is 4. The zero-order valence-corrected chi connectivity index (χ0v) is 22.5. The van der Waals surface area contributed by atoms with Gasteiger partial charge in [0.15, 0.2) is 0 Å². The van der Waals surface area contributed by atoms with Crippen molar-refractivity contribution in [2.24, 2.45) is 5.10 Å². The molecule has 1 spiro atoms. The van der Waals surface area contributed by atoms with Crippen LogP contribution in [-0.4, -0.2) is 28.9 Å². The van der Waals surface area contributed by atoms with Gasteiger partial charge in [-0.15, -0.1) is 0 Å². The van der Waals surface area contributed by atoms with Crippen molar-refractivity contribution in [2.45, 2.75) is 18.3 Å². The number of benzene rings is 3. The van der Waals surface area contributed by atoms with Crippen molar-refractivity contribution in [2.75, 3.05) is 7.11 Å². The summed E-state index contributed by atoms with van der Waals surface area (Å²) in [5.74, 6) is 0.289. The Balaban J connectivity index is 1.49. The maximum absolute atomic E-state index is 12.8. The first-order chi connectivity index (χ1) is 16.9. The van der Waals surface area contributed by atoms with E-state index in [0.717, 1.165) is 59.5 Å². The van der Waals surface area contributed by atoms with Crippen LogP contribution in [0.3, 0.4) is 0 Å². The van der Waals surface area contributed by atoms with E-state index < -0.39 is 5.85 Å². The Kier molecular flexibility index (Phi) is 5.66. The SMILES string of the molecule is COc1ccc(C2=NN3[C@H](C2)c2cc(Br)ccc2O[C@]32NC(=O)S/C2=C\c2ccc(Br)cc2)cc1. The van der Waals surface area contributed by atoms with Crippen LogP contribution in [-0.2, 0) is 0 Å². The zero-order valence-electron chi connectivity index (χ0n) is 18.5. The molecule has 2 atom stereocenters. The molecule has 176 valence electrons. The van der Waals surface area contributed by atoms with Crippen LogP contribution in [0.1, 0.15) is 29.2 Å². The molecule has 1 N–H and O–H groups in total. The van der Waals surface area contributed by atoms with Gasteiger partial charge in [-0.25, -0.2) is 5.01 Å². The quantitative estimate of drug-likeness (QED) is 0.348. The molecule has 0 radical (unpaired) electrons. The van der Waals surface area contributed by atoms with Crippen LogP contribution < -0.4 is 14.8 Å². The van der Waals surface area contributed by atoms with Crippen molar-refractivity contribution in [3.63, 3.8) is 0 Å². The zero-order chi connectivity index (χ0) is 24.2. The number of carbonyl (C=O) groups is 1. The fraction of sp³-hybridized carbons (Fsp3) is 0.154. The van der Waals surface area contributed by atoms with Gasteiger partial charge in [-0.3, -0.25) is 10.1 Å². The number of halogens is 2. The van der Waals surface area contributed by atoms with Crippen LogP contribution in [0.5, 0.6) is 11.5 Å². The van der Waals surface area contributed by atoms with Crippen LogP contribution in [0.15, 0.2) is 85.7 Å². The third-order valence-electron chi connectivity index (χ3n) is 6.22. The third-order valence-corrected chi connectivity index (χ3v) is 8.14. The summed E-state index contributed by atoms with van der Waals surface area (Å²) in [5.41, 5.74) is 3.91. The maximum atomic E-state index is 12.8. The van der Waals surface area contributed by atoms with E-state index in [9.17, 15) is 4.79 Å². The van der Waals surface area contributed by atoms with E-state index in [1.807, 2.05) is 71.7 Å². The Labute approximate surface area is 223 Å². The Bertz CT molecular complexity index is 1390. The summed E-state index contributed by atoms with van der Waals surface area (Å²) >= 11 is 8.21. The van der Waals surface area contributed by atoms with Gasteiger partial charge in [0.2, 0.25) is 0 Å². The standard InChI is InChI=1S/C26H19Br2N3O3S/c1-33-19-9-4-16(5-10-19)21-14-22-20-13-18(28)8-11-23(20)34-26(31(22)30-21)24(35-25(32)29-26)12-15-2-6-17(27)7-3-15/h2-13,22H,14H2,1H3,(H,29,32)/b24-12-/t22-,26-/m1/s1. The van der Waals surface area contributed by atoms with Gasteiger partial charge >= 0.3 is 5.85 Å². The highest BCUT2D eigenvalue weighted by atomic mass is 79.9. The predicted octanol–water partition coefficient (Wildman–Crippen LogP) is 6.92. The number of thioether (sulfide) groups is 1. The molecule has 0 aliphatic carbocycles. The van der Waals surface area contributed by atoms with E-state index in [1.165, 1.54) is 0 Å². The molecule has 6 rings (SSSR count). The highest BCUT2D eigenvalue weighted by Crippen LogP contribution is 2.53. The highest BCUT2D eigenvalue weighted by Gasteiger charge is 2.58. The summed E-state index contributed by atoms with van der Waals surface area (Å²) in [5, 5.41) is 9.84. The lowest BCUT2D eigenvalue weighted by Crippen LogP contribution is -2.61. The summed E-state index contributed by atoms with van der Waals surface area (Å²) in [6, 6.07) is 21.6. The number of nitrogens with one attached hydrogen (secondary N) is 1. The molecule has 0 saturated carbocycles. The van der Waals surface area contributed by atoms with Gasteiger partial charge in [0.1, 0.15) is 11.5 Å². The molecule has 0 aromatic heterocycles. The Morgan fingerprint density at radius 3 is 2.60 bits per heavy atom. The van der Waals surface area contributed by atoms with Crippen molar-refractivity contribution in [1.82, 2.24) is 10.3 Å². The largest absolute Gasteiger partial charge is 0.497 e. The summed E-state index contributed by atoms with van der Waals surface area (Å²) in [7, 11) is 1.65. The van der Waals surface area contributed by atoms with Crippen LogP contribution in [0.4, 0.5) is 4.79 Å². The molecular weight excluding hydrogens is 594 g/mol. The Morgan fingerprint density at radius 1 is 1.11 bits per heavy atom. The first kappa shape index (κ1) is 22.7. The van der Waals surface area contributed by atoms with Crippen molar-refractivity contribution in [1.29, 1.82) is 0 Å². The monoisotopic (exact) mass is 611 g/mol. The molecule has 9 heteroatoms. The van der Waals surface area contributed by atoms with Gasteiger partial charge in [-0.2, -0.15) is 5.10 Å². The summed E-state index contributed by atoms with van der Waals surface area (Å²) in [6.07, 6.45) is 2.66. The molecule has 1 saturated heterocycles. The topological polar surface area (TPSA) is 63.2 Å². The van der Waals surface area contributed by atoms with Crippen LogP contribution in [0.25, 0.3) is 6.08 Å². The number of hydrogen-bond acceptors (Lipinski definition) is 6. The molecule has 3 heterocycles. The minimum absolute atomic E-state index is 0.110. The number of amides is 1. The average molecular weight is 613 g/mol. The smallest absolute Gasteiger partial charge is 0.314 e. The average Bonchev–Trinajstić information content (AvgIpc) is 3.44. The lowest BCUT2D eigenvalue weighted by atomic mass is 9.95. The van der Waals surface area contributed by atoms with E-state index in [4.69, 9.17) is 14.6 Å². The van der Waals surface area contributed by atoms with Crippen molar-refractivity contribution in [3.8, 4) is 11.5 Å². The minimum Gasteiger partial charge on any atom is -0.497 e. The number of rotatable bonds is 3. The molecule has 0 bridgehead atoms. The van der Waals surface area contributed by atoms with Gasteiger partial charge in [-0.05, 0) is 83.6 Å². The summed E-state index contributed by atoms with van der Waals surface area (Å²) in [6.45, 7) is 0. The van der Waals surface area contributed by atoms with Gasteiger partial charge in [0, 0.05) is 20.9 Å². The minimum atomic E-state index is -1.23. The highest BCUT2D eigenvalue weighted by molar-refractivity contribution is 9.10. The first-order valence-corrected chi connectivity index (χ1v) is 13.3. The second kappa shape index (κ2) is 8.72. The van der Waals surface area contributed by atoms with Gasteiger partial charge in [0.25, 0.3) is 5.24 Å². The number of hydrazone groups is 1. The molecule has 1 amide bonds. The van der Waals surface area contributed by atoms with Crippen molar-refractivity contribution >= 4 is 60.6 Å². The molecule has 35 heavy (non-hydrogen) atoms. The number of carbonyl (C=O) groups excluding carboxylic acids is 1. The molecular formula is C26H19Br2N3O3S.